The highest BCUT2D eigenvalue weighted by Crippen LogP contribution is 2.15. The van der Waals surface area contributed by atoms with Crippen molar-refractivity contribution in [2.45, 2.75) is 13.0 Å². The summed E-state index contributed by atoms with van der Waals surface area (Å²) in [5, 5.41) is 8.74. The van der Waals surface area contributed by atoms with Gasteiger partial charge < -0.3 is 14.7 Å². The maximum Gasteiger partial charge on any atom is 0.255 e. The highest BCUT2D eigenvalue weighted by Gasteiger charge is 2.24. The minimum absolute atomic E-state index is 0.0340. The van der Waals surface area contributed by atoms with Crippen molar-refractivity contribution >= 4 is 5.91 Å². The zero-order valence-corrected chi connectivity index (χ0v) is 11.2. The van der Waals surface area contributed by atoms with Crippen LogP contribution in [0.15, 0.2) is 18.2 Å². The second-order valence-corrected chi connectivity index (χ2v) is 4.58. The van der Waals surface area contributed by atoms with Crippen molar-refractivity contribution in [1.29, 1.82) is 0 Å². The smallest absolute Gasteiger partial charge is 0.255 e. The van der Waals surface area contributed by atoms with E-state index < -0.39 is 5.82 Å². The molecule has 0 radical (unpaired) electrons. The molecule has 1 aromatic carbocycles. The summed E-state index contributed by atoms with van der Waals surface area (Å²) in [6.07, 6.45) is -0.0340. The monoisotopic (exact) mass is 277 g/mol. The summed E-state index contributed by atoms with van der Waals surface area (Å²) in [7, 11) is 0. The Kier molecular flexibility index (Phi) is 4.72. The van der Waals surface area contributed by atoms with Crippen LogP contribution >= 0.6 is 0 Å². The average molecular weight is 277 g/mol. The van der Waals surface area contributed by atoms with Gasteiger partial charge in [-0.05, 0) is 25.1 Å². The van der Waals surface area contributed by atoms with Crippen LogP contribution in [-0.2, 0) is 4.74 Å². The summed E-state index contributed by atoms with van der Waals surface area (Å²) in [6.45, 7) is 3.01. The zero-order chi connectivity index (χ0) is 14.5. The van der Waals surface area contributed by atoms with Crippen molar-refractivity contribution < 1.29 is 19.0 Å². The third-order valence-electron chi connectivity index (χ3n) is 3.04. The number of nitrogens with zero attached hydrogens (tertiary/aromatic N) is 1. The SMILES string of the molecule is CC1CN(C(=O)c2cc(F)ccc2C#CCO)CCO1. The van der Waals surface area contributed by atoms with E-state index in [1.54, 1.807) is 4.90 Å². The number of ether oxygens (including phenoxy) is 1. The first kappa shape index (κ1) is 14.5. The van der Waals surface area contributed by atoms with Gasteiger partial charge >= 0.3 is 0 Å². The maximum absolute atomic E-state index is 13.4. The number of hydrogen-bond donors (Lipinski definition) is 1. The van der Waals surface area contributed by atoms with Gasteiger partial charge in [0, 0.05) is 18.7 Å². The highest BCUT2D eigenvalue weighted by molar-refractivity contribution is 5.96. The van der Waals surface area contributed by atoms with Gasteiger partial charge in [-0.3, -0.25) is 4.79 Å². The Morgan fingerprint density at radius 1 is 1.60 bits per heavy atom. The molecule has 4 nitrogen and oxygen atoms in total. The molecule has 0 bridgehead atoms. The molecule has 1 aromatic rings. The minimum Gasteiger partial charge on any atom is -0.384 e. The van der Waals surface area contributed by atoms with Crippen LogP contribution in [0.25, 0.3) is 0 Å². The Balaban J connectivity index is 2.30. The molecule has 0 saturated carbocycles. The van der Waals surface area contributed by atoms with Crippen molar-refractivity contribution in [3.63, 3.8) is 0 Å². The zero-order valence-electron chi connectivity index (χ0n) is 11.2. The van der Waals surface area contributed by atoms with E-state index in [0.717, 1.165) is 0 Å². The van der Waals surface area contributed by atoms with Crippen LogP contribution in [0.1, 0.15) is 22.8 Å². The lowest BCUT2D eigenvalue weighted by Gasteiger charge is -2.31. The topological polar surface area (TPSA) is 49.8 Å². The Morgan fingerprint density at radius 2 is 2.40 bits per heavy atom. The first-order valence-electron chi connectivity index (χ1n) is 6.42. The second kappa shape index (κ2) is 6.51. The highest BCUT2D eigenvalue weighted by atomic mass is 19.1. The lowest BCUT2D eigenvalue weighted by atomic mass is 10.1. The van der Waals surface area contributed by atoms with Gasteiger partial charge in [-0.1, -0.05) is 11.8 Å². The van der Waals surface area contributed by atoms with Crippen LogP contribution in [0, 0.1) is 17.7 Å². The van der Waals surface area contributed by atoms with Gasteiger partial charge in [-0.15, -0.1) is 0 Å². The molecule has 1 unspecified atom stereocenters. The molecule has 20 heavy (non-hydrogen) atoms. The summed E-state index contributed by atoms with van der Waals surface area (Å²) in [6, 6.07) is 3.89. The number of rotatable bonds is 1. The normalized spacial score (nSPS) is 18.4. The van der Waals surface area contributed by atoms with E-state index in [2.05, 4.69) is 11.8 Å². The van der Waals surface area contributed by atoms with Gasteiger partial charge in [-0.2, -0.15) is 0 Å². The lowest BCUT2D eigenvalue weighted by Crippen LogP contribution is -2.44. The van der Waals surface area contributed by atoms with E-state index in [0.29, 0.717) is 25.3 Å². The summed E-state index contributed by atoms with van der Waals surface area (Å²) >= 11 is 0. The fourth-order valence-electron chi connectivity index (χ4n) is 2.11. The van der Waals surface area contributed by atoms with Gasteiger partial charge in [-0.25, -0.2) is 4.39 Å². The van der Waals surface area contributed by atoms with Crippen LogP contribution in [0.3, 0.4) is 0 Å². The van der Waals surface area contributed by atoms with Crippen molar-refractivity contribution in [3.8, 4) is 11.8 Å². The second-order valence-electron chi connectivity index (χ2n) is 4.58. The molecular formula is C15H16FNO3. The number of halogens is 1. The molecule has 2 rings (SSSR count). The third-order valence-corrected chi connectivity index (χ3v) is 3.04. The Morgan fingerprint density at radius 3 is 3.10 bits per heavy atom. The summed E-state index contributed by atoms with van der Waals surface area (Å²) in [5.74, 6) is 4.41. The van der Waals surface area contributed by atoms with E-state index >= 15 is 0 Å². The predicted molar refractivity (Wildman–Crippen MR) is 71.7 cm³/mol. The number of carbonyl (C=O) groups is 1. The number of morpholine rings is 1. The van der Waals surface area contributed by atoms with Crippen molar-refractivity contribution in [3.05, 3.63) is 35.1 Å². The maximum atomic E-state index is 13.4. The summed E-state index contributed by atoms with van der Waals surface area (Å²) in [5.41, 5.74) is 0.643. The number of benzene rings is 1. The molecule has 1 aliphatic heterocycles. The van der Waals surface area contributed by atoms with Gasteiger partial charge in [0.05, 0.1) is 18.3 Å². The molecule has 1 N–H and O–H groups in total. The fourth-order valence-corrected chi connectivity index (χ4v) is 2.11. The van der Waals surface area contributed by atoms with E-state index in [4.69, 9.17) is 9.84 Å². The largest absolute Gasteiger partial charge is 0.384 e. The number of hydrogen-bond acceptors (Lipinski definition) is 3. The first-order valence-corrected chi connectivity index (χ1v) is 6.42. The molecule has 106 valence electrons. The van der Waals surface area contributed by atoms with Crippen LogP contribution in [0.2, 0.25) is 0 Å². The van der Waals surface area contributed by atoms with Crippen LogP contribution in [0.4, 0.5) is 4.39 Å². The van der Waals surface area contributed by atoms with E-state index in [9.17, 15) is 9.18 Å². The van der Waals surface area contributed by atoms with Crippen LogP contribution in [0.5, 0.6) is 0 Å². The minimum atomic E-state index is -0.482. The molecule has 0 aliphatic carbocycles. The predicted octanol–water partition coefficient (Wildman–Crippen LogP) is 1.03. The standard InChI is InChI=1S/C15H16FNO3/c1-11-10-17(6-8-20-11)15(19)14-9-13(16)5-4-12(14)3-2-7-18/h4-5,9,11,18H,6-8,10H2,1H3. The third kappa shape index (κ3) is 3.35. The molecule has 1 saturated heterocycles. The van der Waals surface area contributed by atoms with Crippen molar-refractivity contribution in [1.82, 2.24) is 4.90 Å². The molecule has 1 aliphatic rings. The molecule has 1 heterocycles. The lowest BCUT2D eigenvalue weighted by molar-refractivity contribution is -0.0124. The summed E-state index contributed by atoms with van der Waals surface area (Å²) < 4.78 is 18.8. The average Bonchev–Trinajstić information content (AvgIpc) is 2.45. The molecule has 1 atom stereocenters. The van der Waals surface area contributed by atoms with E-state index in [-0.39, 0.29) is 24.2 Å². The van der Waals surface area contributed by atoms with Crippen molar-refractivity contribution in [2.75, 3.05) is 26.3 Å². The molecule has 0 spiro atoms. The van der Waals surface area contributed by atoms with E-state index in [1.165, 1.54) is 18.2 Å². The van der Waals surface area contributed by atoms with Crippen molar-refractivity contribution in [2.24, 2.45) is 0 Å². The number of amides is 1. The summed E-state index contributed by atoms with van der Waals surface area (Å²) in [4.78, 5) is 14.1. The molecule has 5 heteroatoms. The van der Waals surface area contributed by atoms with Gasteiger partial charge in [0.25, 0.3) is 5.91 Å². The molecule has 1 amide bonds. The molecular weight excluding hydrogens is 261 g/mol. The van der Waals surface area contributed by atoms with Crippen LogP contribution in [-0.4, -0.2) is 48.3 Å². The molecule has 1 fully saturated rings. The fraction of sp³-hybridized carbons (Fsp3) is 0.400. The van der Waals surface area contributed by atoms with E-state index in [1.807, 2.05) is 6.92 Å². The number of aliphatic hydroxyl groups excluding tert-OH is 1. The Labute approximate surface area is 117 Å². The number of carbonyl (C=O) groups excluding carboxylic acids is 1. The first-order chi connectivity index (χ1) is 9.61. The Hall–Kier alpha value is -1.90. The van der Waals surface area contributed by atoms with Gasteiger partial charge in [0.2, 0.25) is 0 Å². The van der Waals surface area contributed by atoms with Gasteiger partial charge in [0.15, 0.2) is 0 Å². The van der Waals surface area contributed by atoms with Gasteiger partial charge in [0.1, 0.15) is 12.4 Å². The van der Waals surface area contributed by atoms with Crippen LogP contribution < -0.4 is 0 Å². The Bertz CT molecular complexity index is 562. The quantitative estimate of drug-likeness (QED) is 0.780. The number of aliphatic hydroxyl groups is 1. The molecule has 0 aromatic heterocycles.